The number of aryl methyl sites for hydroxylation is 1. The molecule has 0 aliphatic carbocycles. The van der Waals surface area contributed by atoms with Crippen molar-refractivity contribution in [3.8, 4) is 12.3 Å². The van der Waals surface area contributed by atoms with Crippen molar-refractivity contribution >= 4 is 0 Å². The van der Waals surface area contributed by atoms with E-state index in [-0.39, 0.29) is 17.6 Å². The van der Waals surface area contributed by atoms with Gasteiger partial charge in [-0.15, -0.1) is 6.42 Å². The fourth-order valence-corrected chi connectivity index (χ4v) is 3.12. The van der Waals surface area contributed by atoms with Crippen LogP contribution in [0.3, 0.4) is 0 Å². The van der Waals surface area contributed by atoms with Crippen LogP contribution in [0.15, 0.2) is 42.5 Å². The van der Waals surface area contributed by atoms with Crippen molar-refractivity contribution in [1.29, 1.82) is 0 Å². The summed E-state index contributed by atoms with van der Waals surface area (Å²) >= 11 is 0. The molecule has 1 aromatic carbocycles. The van der Waals surface area contributed by atoms with Gasteiger partial charge in [-0.2, -0.15) is 0 Å². The highest BCUT2D eigenvalue weighted by atomic mass is 16.5. The molecule has 2 atom stereocenters. The smallest absolute Gasteiger partial charge is 0.108 e. The maximum Gasteiger partial charge on any atom is 0.108 e. The van der Waals surface area contributed by atoms with Gasteiger partial charge in [-0.25, -0.2) is 0 Å². The molecule has 112 valence electrons. The lowest BCUT2D eigenvalue weighted by Crippen LogP contribution is -2.40. The monoisotopic (exact) mass is 284 g/mol. The van der Waals surface area contributed by atoms with Crippen LogP contribution in [-0.4, -0.2) is 24.9 Å². The number of hydrogen-bond donors (Lipinski definition) is 0. The fourth-order valence-electron chi connectivity index (χ4n) is 3.12. The Morgan fingerprint density at radius 2 is 2.10 bits per heavy atom. The lowest BCUT2D eigenvalue weighted by atomic mass is 9.80. The maximum atomic E-state index is 5.93. The van der Waals surface area contributed by atoms with Gasteiger partial charge in [0.05, 0.1) is 18.3 Å². The summed E-state index contributed by atoms with van der Waals surface area (Å²) in [5.74, 6) is 2.73. The zero-order valence-electron chi connectivity index (χ0n) is 13.0. The molecule has 0 saturated carbocycles. The molecule has 1 fully saturated rings. The van der Waals surface area contributed by atoms with Gasteiger partial charge in [-0.05, 0) is 37.8 Å². The van der Waals surface area contributed by atoms with Crippen LogP contribution >= 0.6 is 0 Å². The van der Waals surface area contributed by atoms with Gasteiger partial charge < -0.3 is 9.47 Å². The molecule has 1 aliphatic rings. The van der Waals surface area contributed by atoms with E-state index in [1.54, 1.807) is 0 Å². The first kappa shape index (κ1) is 15.8. The van der Waals surface area contributed by atoms with E-state index in [9.17, 15) is 0 Å². The normalized spacial score (nSPS) is 22.2. The summed E-state index contributed by atoms with van der Waals surface area (Å²) in [6.45, 7) is 9.25. The molecule has 21 heavy (non-hydrogen) atoms. The quantitative estimate of drug-likeness (QED) is 0.587. The van der Waals surface area contributed by atoms with Crippen LogP contribution in [0.1, 0.15) is 25.8 Å². The number of rotatable bonds is 6. The average Bonchev–Trinajstić information content (AvgIpc) is 2.86. The highest BCUT2D eigenvalue weighted by molar-refractivity contribution is 5.18. The molecule has 1 heterocycles. The largest absolute Gasteiger partial charge is 0.373 e. The van der Waals surface area contributed by atoms with Crippen molar-refractivity contribution < 1.29 is 9.47 Å². The van der Waals surface area contributed by atoms with Gasteiger partial charge in [0.2, 0.25) is 0 Å². The van der Waals surface area contributed by atoms with Gasteiger partial charge in [0.25, 0.3) is 0 Å². The van der Waals surface area contributed by atoms with E-state index < -0.39 is 0 Å². The Balaban J connectivity index is 2.01. The van der Waals surface area contributed by atoms with Gasteiger partial charge in [0, 0.05) is 5.92 Å². The molecule has 1 aromatic rings. The Labute approximate surface area is 128 Å². The number of hydrogen-bond acceptors (Lipinski definition) is 2. The molecular formula is C19H24O2. The third-order valence-electron chi connectivity index (χ3n) is 4.13. The van der Waals surface area contributed by atoms with Crippen LogP contribution in [0.4, 0.5) is 0 Å². The van der Waals surface area contributed by atoms with Crippen molar-refractivity contribution in [3.05, 3.63) is 48.0 Å². The van der Waals surface area contributed by atoms with E-state index in [0.29, 0.717) is 13.2 Å². The van der Waals surface area contributed by atoms with Gasteiger partial charge >= 0.3 is 0 Å². The minimum absolute atomic E-state index is 0.144. The van der Waals surface area contributed by atoms with E-state index in [1.807, 2.05) is 6.07 Å². The Morgan fingerprint density at radius 3 is 2.76 bits per heavy atom. The predicted octanol–water partition coefficient (Wildman–Crippen LogP) is 3.62. The Bertz CT molecular complexity index is 510. The zero-order chi connectivity index (χ0) is 15.3. The molecule has 2 rings (SSSR count). The van der Waals surface area contributed by atoms with Crippen molar-refractivity contribution in [3.63, 3.8) is 0 Å². The highest BCUT2D eigenvalue weighted by Gasteiger charge is 2.42. The predicted molar refractivity (Wildman–Crippen MR) is 86.0 cm³/mol. The van der Waals surface area contributed by atoms with E-state index in [4.69, 9.17) is 15.9 Å². The summed E-state index contributed by atoms with van der Waals surface area (Å²) in [4.78, 5) is 0. The first-order valence-electron chi connectivity index (χ1n) is 7.45. The average molecular weight is 284 g/mol. The van der Waals surface area contributed by atoms with Crippen molar-refractivity contribution in [2.24, 2.45) is 5.92 Å². The molecule has 1 aliphatic heterocycles. The number of ether oxygens (including phenoxy) is 2. The van der Waals surface area contributed by atoms with Crippen LogP contribution in [-0.2, 0) is 15.9 Å². The van der Waals surface area contributed by atoms with Gasteiger partial charge in [-0.3, -0.25) is 0 Å². The Kier molecular flexibility index (Phi) is 5.22. The molecule has 2 heteroatoms. The second-order valence-corrected chi connectivity index (χ2v) is 6.11. The minimum Gasteiger partial charge on any atom is -0.373 e. The van der Waals surface area contributed by atoms with Gasteiger partial charge in [-0.1, -0.05) is 42.8 Å². The number of benzene rings is 1. The van der Waals surface area contributed by atoms with E-state index in [0.717, 1.165) is 18.4 Å². The summed E-state index contributed by atoms with van der Waals surface area (Å²) < 4.78 is 11.8. The lowest BCUT2D eigenvalue weighted by molar-refractivity contribution is -0.0627. The molecule has 1 saturated heterocycles. The molecular weight excluding hydrogens is 260 g/mol. The molecule has 0 amide bonds. The minimum atomic E-state index is -0.346. The summed E-state index contributed by atoms with van der Waals surface area (Å²) in [5, 5.41) is 0. The van der Waals surface area contributed by atoms with Crippen molar-refractivity contribution in [2.45, 2.75) is 38.4 Å². The van der Waals surface area contributed by atoms with Crippen LogP contribution in [0.5, 0.6) is 0 Å². The Morgan fingerprint density at radius 1 is 1.38 bits per heavy atom. The van der Waals surface area contributed by atoms with Crippen LogP contribution in [0, 0.1) is 18.3 Å². The second-order valence-electron chi connectivity index (χ2n) is 6.11. The van der Waals surface area contributed by atoms with Crippen molar-refractivity contribution in [1.82, 2.24) is 0 Å². The SMILES string of the molecule is C#CCOC(C)(C)[C@@H]1C(=C)CO[C@@H]1CCc1ccccc1. The molecule has 2 nitrogen and oxygen atoms in total. The standard InChI is InChI=1S/C19H24O2/c1-5-13-21-19(3,4)18-15(2)14-20-17(18)12-11-16-9-7-6-8-10-16/h1,6-10,17-18H,2,11-14H2,3-4H3/t17-,18-/m1/s1. The first-order valence-corrected chi connectivity index (χ1v) is 7.45. The molecule has 0 aromatic heterocycles. The molecule has 0 bridgehead atoms. The van der Waals surface area contributed by atoms with E-state index in [1.165, 1.54) is 5.56 Å². The van der Waals surface area contributed by atoms with Crippen molar-refractivity contribution in [2.75, 3.05) is 13.2 Å². The van der Waals surface area contributed by atoms with Gasteiger partial charge in [0.1, 0.15) is 6.61 Å². The lowest BCUT2D eigenvalue weighted by Gasteiger charge is -2.34. The zero-order valence-corrected chi connectivity index (χ0v) is 13.0. The molecule has 0 spiro atoms. The van der Waals surface area contributed by atoms with Gasteiger partial charge in [0.15, 0.2) is 0 Å². The molecule has 0 unspecified atom stereocenters. The molecule has 0 N–H and O–H groups in total. The third kappa shape index (κ3) is 3.97. The van der Waals surface area contributed by atoms with Crippen LogP contribution in [0.2, 0.25) is 0 Å². The van der Waals surface area contributed by atoms with E-state index >= 15 is 0 Å². The number of terminal acetylenes is 1. The fraction of sp³-hybridized carbons (Fsp3) is 0.474. The van der Waals surface area contributed by atoms with Crippen LogP contribution < -0.4 is 0 Å². The summed E-state index contributed by atoms with van der Waals surface area (Å²) in [7, 11) is 0. The summed E-state index contributed by atoms with van der Waals surface area (Å²) in [6.07, 6.45) is 7.42. The van der Waals surface area contributed by atoms with E-state index in [2.05, 4.69) is 50.6 Å². The second kappa shape index (κ2) is 6.93. The summed E-state index contributed by atoms with van der Waals surface area (Å²) in [5.41, 5.74) is 2.09. The summed E-state index contributed by atoms with van der Waals surface area (Å²) in [6, 6.07) is 10.5. The maximum absolute atomic E-state index is 5.93. The Hall–Kier alpha value is -1.56. The first-order chi connectivity index (χ1) is 10.0. The highest BCUT2D eigenvalue weighted by Crippen LogP contribution is 2.38. The van der Waals surface area contributed by atoms with Crippen LogP contribution in [0.25, 0.3) is 0 Å². The third-order valence-corrected chi connectivity index (χ3v) is 4.13. The molecule has 0 radical (unpaired) electrons. The topological polar surface area (TPSA) is 18.5 Å².